The van der Waals surface area contributed by atoms with Crippen LogP contribution < -0.4 is 5.32 Å². The van der Waals surface area contributed by atoms with E-state index in [1.165, 1.54) is 18.0 Å². The molecule has 7 nitrogen and oxygen atoms in total. The highest BCUT2D eigenvalue weighted by atomic mass is 35.5. The van der Waals surface area contributed by atoms with E-state index in [1.807, 2.05) is 18.2 Å². The summed E-state index contributed by atoms with van der Waals surface area (Å²) in [5, 5.41) is 11.9. The van der Waals surface area contributed by atoms with E-state index in [1.54, 1.807) is 17.0 Å². The fourth-order valence-electron chi connectivity index (χ4n) is 1.99. The predicted molar refractivity (Wildman–Crippen MR) is 90.1 cm³/mol. The Bertz CT molecular complexity index is 750. The van der Waals surface area contributed by atoms with E-state index >= 15 is 0 Å². The highest BCUT2D eigenvalue weighted by Crippen LogP contribution is 2.21. The lowest BCUT2D eigenvalue weighted by Gasteiger charge is -2.15. The van der Waals surface area contributed by atoms with E-state index in [9.17, 15) is 4.79 Å². The Morgan fingerprint density at radius 2 is 2.33 bits per heavy atom. The normalized spacial score (nSPS) is 13.6. The topological polar surface area (TPSA) is 78.3 Å². The van der Waals surface area contributed by atoms with Crippen molar-refractivity contribution >= 4 is 29.3 Å². The third-order valence-electron chi connectivity index (χ3n) is 3.10. The van der Waals surface area contributed by atoms with Gasteiger partial charge in [0.1, 0.15) is 31.6 Å². The monoisotopic (exact) mass is 366 g/mol. The first kappa shape index (κ1) is 16.7. The second-order valence-electron chi connectivity index (χ2n) is 4.83. The zero-order chi connectivity index (χ0) is 16.8. The molecule has 1 aliphatic heterocycles. The molecular formula is C15H15ClN4O3S. The fourth-order valence-corrected chi connectivity index (χ4v) is 2.94. The minimum atomic E-state index is -0.129. The smallest absolute Gasteiger partial charge is 0.230 e. The molecule has 0 saturated heterocycles. The lowest BCUT2D eigenvalue weighted by Crippen LogP contribution is -2.29. The van der Waals surface area contributed by atoms with Crippen LogP contribution in [0.15, 0.2) is 47.8 Å². The van der Waals surface area contributed by atoms with Crippen LogP contribution >= 0.6 is 23.4 Å². The Balaban J connectivity index is 1.54. The van der Waals surface area contributed by atoms with Gasteiger partial charge in [0.25, 0.3) is 0 Å². The van der Waals surface area contributed by atoms with Crippen LogP contribution in [0.25, 0.3) is 5.69 Å². The fraction of sp³-hybridized carbons (Fsp3) is 0.267. The van der Waals surface area contributed by atoms with Crippen LogP contribution in [-0.2, 0) is 14.3 Å². The van der Waals surface area contributed by atoms with E-state index in [-0.39, 0.29) is 11.7 Å². The summed E-state index contributed by atoms with van der Waals surface area (Å²) in [5.74, 6) is 0.699. The van der Waals surface area contributed by atoms with Crippen LogP contribution in [0.1, 0.15) is 0 Å². The maximum atomic E-state index is 11.9. The molecule has 126 valence electrons. The second-order valence-corrected chi connectivity index (χ2v) is 6.21. The zero-order valence-electron chi connectivity index (χ0n) is 12.6. The van der Waals surface area contributed by atoms with Crippen LogP contribution in [-0.4, -0.2) is 46.2 Å². The van der Waals surface area contributed by atoms with Gasteiger partial charge >= 0.3 is 0 Å². The van der Waals surface area contributed by atoms with E-state index in [0.29, 0.717) is 35.7 Å². The SMILES string of the molecule is O=C(CSc1nncn1-c1cccc(Cl)c1)NCC1=COCCO1. The number of benzene rings is 1. The number of hydrogen-bond acceptors (Lipinski definition) is 6. The predicted octanol–water partition coefficient (Wildman–Crippen LogP) is 2.02. The molecule has 9 heteroatoms. The Kier molecular flexibility index (Phi) is 5.60. The number of carbonyl (C=O) groups is 1. The van der Waals surface area contributed by atoms with Gasteiger partial charge in [-0.15, -0.1) is 10.2 Å². The molecule has 0 saturated carbocycles. The second kappa shape index (κ2) is 8.07. The standard InChI is InChI=1S/C15H15ClN4O3S/c16-11-2-1-3-12(6-11)20-10-18-19-15(20)24-9-14(21)17-7-13-8-22-4-5-23-13/h1-3,6,8,10H,4-5,7,9H2,(H,17,21). The van der Waals surface area contributed by atoms with Gasteiger partial charge in [-0.2, -0.15) is 0 Å². The molecule has 0 atom stereocenters. The van der Waals surface area contributed by atoms with Crippen molar-refractivity contribution in [3.8, 4) is 5.69 Å². The first-order chi connectivity index (χ1) is 11.7. The molecule has 0 spiro atoms. The number of ether oxygens (including phenoxy) is 2. The lowest BCUT2D eigenvalue weighted by molar-refractivity contribution is -0.118. The van der Waals surface area contributed by atoms with Gasteiger partial charge < -0.3 is 14.8 Å². The molecule has 1 N–H and O–H groups in total. The maximum absolute atomic E-state index is 11.9. The molecule has 1 aliphatic rings. The third kappa shape index (κ3) is 4.42. The number of rotatable bonds is 6. The van der Waals surface area contributed by atoms with Crippen LogP contribution in [0, 0.1) is 0 Å². The molecule has 3 rings (SSSR count). The molecule has 2 heterocycles. The minimum Gasteiger partial charge on any atom is -0.494 e. The molecule has 24 heavy (non-hydrogen) atoms. The summed E-state index contributed by atoms with van der Waals surface area (Å²) in [7, 11) is 0. The van der Waals surface area contributed by atoms with Crippen molar-refractivity contribution in [2.24, 2.45) is 0 Å². The largest absolute Gasteiger partial charge is 0.494 e. The Morgan fingerprint density at radius 1 is 1.42 bits per heavy atom. The lowest BCUT2D eigenvalue weighted by atomic mass is 10.3. The first-order valence-corrected chi connectivity index (χ1v) is 8.57. The zero-order valence-corrected chi connectivity index (χ0v) is 14.2. The van der Waals surface area contributed by atoms with Gasteiger partial charge in [0, 0.05) is 5.02 Å². The summed E-state index contributed by atoms with van der Waals surface area (Å²) in [6.07, 6.45) is 3.11. The molecule has 0 unspecified atom stereocenters. The number of nitrogens with zero attached hydrogens (tertiary/aromatic N) is 3. The van der Waals surface area contributed by atoms with Crippen LogP contribution in [0.2, 0.25) is 5.02 Å². The highest BCUT2D eigenvalue weighted by Gasteiger charge is 2.12. The number of hydrogen-bond donors (Lipinski definition) is 1. The van der Waals surface area contributed by atoms with E-state index in [4.69, 9.17) is 21.1 Å². The van der Waals surface area contributed by atoms with E-state index in [2.05, 4.69) is 15.5 Å². The maximum Gasteiger partial charge on any atom is 0.230 e. The number of carbonyl (C=O) groups excluding carboxylic acids is 1. The highest BCUT2D eigenvalue weighted by molar-refractivity contribution is 7.99. The summed E-state index contributed by atoms with van der Waals surface area (Å²) in [5.41, 5.74) is 0.841. The molecule has 1 amide bonds. The van der Waals surface area contributed by atoms with Gasteiger partial charge in [-0.25, -0.2) is 0 Å². The number of halogens is 1. The Hall–Kier alpha value is -2.19. The number of aromatic nitrogens is 3. The van der Waals surface area contributed by atoms with Crippen molar-refractivity contribution in [3.63, 3.8) is 0 Å². The molecule has 0 bridgehead atoms. The van der Waals surface area contributed by atoms with E-state index in [0.717, 1.165) is 5.69 Å². The van der Waals surface area contributed by atoms with Crippen LogP contribution in [0.5, 0.6) is 0 Å². The van der Waals surface area contributed by atoms with Crippen molar-refractivity contribution in [2.45, 2.75) is 5.16 Å². The van der Waals surface area contributed by atoms with Gasteiger partial charge in [-0.05, 0) is 18.2 Å². The van der Waals surface area contributed by atoms with Crippen LogP contribution in [0.3, 0.4) is 0 Å². The Morgan fingerprint density at radius 3 is 3.12 bits per heavy atom. The molecule has 2 aromatic rings. The summed E-state index contributed by atoms with van der Waals surface area (Å²) >= 11 is 7.30. The van der Waals surface area contributed by atoms with Gasteiger partial charge in [-0.3, -0.25) is 9.36 Å². The minimum absolute atomic E-state index is 0.129. The summed E-state index contributed by atoms with van der Waals surface area (Å²) in [6, 6.07) is 7.34. The number of thioether (sulfide) groups is 1. The van der Waals surface area contributed by atoms with Crippen LogP contribution in [0.4, 0.5) is 0 Å². The average molecular weight is 367 g/mol. The summed E-state index contributed by atoms with van der Waals surface area (Å²) < 4.78 is 12.3. The van der Waals surface area contributed by atoms with Crippen molar-refractivity contribution in [1.82, 2.24) is 20.1 Å². The van der Waals surface area contributed by atoms with Crippen molar-refractivity contribution in [1.29, 1.82) is 0 Å². The molecule has 1 aromatic heterocycles. The molecule has 1 aromatic carbocycles. The number of nitrogens with one attached hydrogen (secondary N) is 1. The molecule has 0 radical (unpaired) electrons. The molecule has 0 fully saturated rings. The van der Waals surface area contributed by atoms with Gasteiger partial charge in [0.05, 0.1) is 18.0 Å². The summed E-state index contributed by atoms with van der Waals surface area (Å²) in [4.78, 5) is 11.9. The quantitative estimate of drug-likeness (QED) is 0.788. The average Bonchev–Trinajstić information content (AvgIpc) is 3.08. The van der Waals surface area contributed by atoms with Crippen molar-refractivity contribution in [2.75, 3.05) is 25.5 Å². The van der Waals surface area contributed by atoms with Gasteiger partial charge in [0.15, 0.2) is 5.16 Å². The van der Waals surface area contributed by atoms with E-state index < -0.39 is 0 Å². The third-order valence-corrected chi connectivity index (χ3v) is 4.28. The molecule has 0 aliphatic carbocycles. The van der Waals surface area contributed by atoms with Gasteiger partial charge in [0.2, 0.25) is 5.91 Å². The van der Waals surface area contributed by atoms with Gasteiger partial charge in [-0.1, -0.05) is 29.4 Å². The first-order valence-electron chi connectivity index (χ1n) is 7.21. The number of amides is 1. The van der Waals surface area contributed by atoms with Crippen molar-refractivity contribution in [3.05, 3.63) is 47.6 Å². The van der Waals surface area contributed by atoms with Crippen molar-refractivity contribution < 1.29 is 14.3 Å². The molecular weight excluding hydrogens is 352 g/mol. The Labute approximate surface area is 148 Å². The summed E-state index contributed by atoms with van der Waals surface area (Å²) in [6.45, 7) is 1.34.